The predicted octanol–water partition coefficient (Wildman–Crippen LogP) is 2.45. The molecule has 0 saturated heterocycles. The second kappa shape index (κ2) is 6.52. The molecule has 0 unspecified atom stereocenters. The Kier molecular flexibility index (Phi) is 4.90. The molecule has 1 aliphatic rings. The Morgan fingerprint density at radius 3 is 2.59 bits per heavy atom. The van der Waals surface area contributed by atoms with Gasteiger partial charge in [0.2, 0.25) is 5.91 Å². The summed E-state index contributed by atoms with van der Waals surface area (Å²) in [6.07, 6.45) is 2.93. The molecule has 22 heavy (non-hydrogen) atoms. The lowest BCUT2D eigenvalue weighted by Crippen LogP contribution is -2.56. The van der Waals surface area contributed by atoms with E-state index in [0.29, 0.717) is 13.1 Å². The number of hydrogen-bond donors (Lipinski definition) is 2. The number of rotatable bonds is 3. The monoisotopic (exact) mass is 321 g/mol. The third-order valence-corrected chi connectivity index (χ3v) is 4.70. The van der Waals surface area contributed by atoms with Crippen LogP contribution >= 0.6 is 11.3 Å². The van der Waals surface area contributed by atoms with Gasteiger partial charge in [0.05, 0.1) is 0 Å². The van der Waals surface area contributed by atoms with Crippen molar-refractivity contribution in [2.75, 3.05) is 13.1 Å². The van der Waals surface area contributed by atoms with Crippen LogP contribution in [-0.2, 0) is 4.79 Å². The Bertz CT molecular complexity index is 573. The molecule has 0 spiro atoms. The summed E-state index contributed by atoms with van der Waals surface area (Å²) in [5, 5.41) is 4.64. The number of nitrogens with zero attached hydrogens (tertiary/aromatic N) is 1. The lowest BCUT2D eigenvalue weighted by atomic mass is 9.85. The van der Waals surface area contributed by atoms with Gasteiger partial charge in [0, 0.05) is 18.0 Å². The fraction of sp³-hybridized carbons (Fsp3) is 0.500. The number of primary amides is 1. The van der Waals surface area contributed by atoms with Crippen molar-refractivity contribution in [3.8, 4) is 0 Å². The highest BCUT2D eigenvalue weighted by atomic mass is 32.1. The van der Waals surface area contributed by atoms with Crippen molar-refractivity contribution in [3.05, 3.63) is 28.5 Å². The molecule has 0 aliphatic carbocycles. The SMILES string of the molecule is CC(C)(C)[C@H](NC(N)=O)C(=O)N1CC=C(c2cccs2)CC1. The van der Waals surface area contributed by atoms with Gasteiger partial charge in [-0.3, -0.25) is 4.79 Å². The summed E-state index contributed by atoms with van der Waals surface area (Å²) >= 11 is 1.71. The van der Waals surface area contributed by atoms with Gasteiger partial charge in [0.15, 0.2) is 0 Å². The summed E-state index contributed by atoms with van der Waals surface area (Å²) in [5.74, 6) is -0.0761. The Labute approximate surface area is 135 Å². The molecule has 1 aromatic heterocycles. The van der Waals surface area contributed by atoms with Gasteiger partial charge in [-0.1, -0.05) is 32.9 Å². The molecular formula is C16H23N3O2S. The van der Waals surface area contributed by atoms with Crippen molar-refractivity contribution in [2.24, 2.45) is 11.1 Å². The van der Waals surface area contributed by atoms with E-state index in [1.54, 1.807) is 16.2 Å². The lowest BCUT2D eigenvalue weighted by Gasteiger charge is -2.35. The van der Waals surface area contributed by atoms with Crippen molar-refractivity contribution in [1.82, 2.24) is 10.2 Å². The fourth-order valence-corrected chi connectivity index (χ4v) is 3.33. The number of nitrogens with one attached hydrogen (secondary N) is 1. The number of hydrogen-bond acceptors (Lipinski definition) is 3. The standard InChI is InChI=1S/C16H23N3O2S/c1-16(2,3)13(18-15(17)21)14(20)19-8-6-11(7-9-19)12-5-4-10-22-12/h4-6,10,13H,7-9H2,1-3H3,(H3,17,18,21)/t13-/m1/s1. The maximum atomic E-state index is 12.7. The van der Waals surface area contributed by atoms with E-state index >= 15 is 0 Å². The molecule has 0 fully saturated rings. The van der Waals surface area contributed by atoms with Crippen molar-refractivity contribution >= 4 is 28.8 Å². The average molecular weight is 321 g/mol. The highest BCUT2D eigenvalue weighted by molar-refractivity contribution is 7.11. The quantitative estimate of drug-likeness (QED) is 0.897. The maximum Gasteiger partial charge on any atom is 0.312 e. The second-order valence-corrected chi connectivity index (χ2v) is 7.50. The zero-order chi connectivity index (χ0) is 16.3. The minimum Gasteiger partial charge on any atom is -0.352 e. The molecule has 3 N–H and O–H groups in total. The first-order valence-corrected chi connectivity index (χ1v) is 8.24. The normalized spacial score (nSPS) is 16.9. The molecule has 0 saturated carbocycles. The highest BCUT2D eigenvalue weighted by Gasteiger charge is 2.35. The van der Waals surface area contributed by atoms with E-state index in [2.05, 4.69) is 22.8 Å². The zero-order valence-corrected chi connectivity index (χ0v) is 14.1. The Hall–Kier alpha value is -1.82. The molecule has 2 heterocycles. The largest absolute Gasteiger partial charge is 0.352 e. The summed E-state index contributed by atoms with van der Waals surface area (Å²) in [6.45, 7) is 6.99. The first kappa shape index (κ1) is 16.5. The maximum absolute atomic E-state index is 12.7. The van der Waals surface area contributed by atoms with E-state index in [1.165, 1.54) is 10.5 Å². The van der Waals surface area contributed by atoms with Crippen molar-refractivity contribution in [2.45, 2.75) is 33.2 Å². The summed E-state index contributed by atoms with van der Waals surface area (Å²) in [7, 11) is 0. The molecule has 1 aromatic rings. The molecule has 0 radical (unpaired) electrons. The van der Waals surface area contributed by atoms with Crippen molar-refractivity contribution in [3.63, 3.8) is 0 Å². The van der Waals surface area contributed by atoms with Gasteiger partial charge < -0.3 is 16.0 Å². The topological polar surface area (TPSA) is 75.4 Å². The van der Waals surface area contributed by atoms with Gasteiger partial charge in [-0.15, -0.1) is 11.3 Å². The molecule has 3 amide bonds. The van der Waals surface area contributed by atoms with E-state index < -0.39 is 12.1 Å². The zero-order valence-electron chi connectivity index (χ0n) is 13.3. The molecule has 0 aromatic carbocycles. The van der Waals surface area contributed by atoms with Crippen LogP contribution in [-0.4, -0.2) is 36.0 Å². The van der Waals surface area contributed by atoms with Crippen LogP contribution in [0.15, 0.2) is 23.6 Å². The minimum atomic E-state index is -0.667. The smallest absolute Gasteiger partial charge is 0.312 e. The van der Waals surface area contributed by atoms with Crippen LogP contribution in [0.2, 0.25) is 0 Å². The van der Waals surface area contributed by atoms with E-state index in [9.17, 15) is 9.59 Å². The molecule has 2 rings (SSSR count). The van der Waals surface area contributed by atoms with Crippen molar-refractivity contribution in [1.29, 1.82) is 0 Å². The number of thiophene rings is 1. The molecular weight excluding hydrogens is 298 g/mol. The van der Waals surface area contributed by atoms with Gasteiger partial charge in [-0.25, -0.2) is 4.79 Å². The Morgan fingerprint density at radius 1 is 1.41 bits per heavy atom. The summed E-state index contributed by atoms with van der Waals surface area (Å²) in [4.78, 5) is 26.9. The van der Waals surface area contributed by atoms with Gasteiger partial charge in [0.1, 0.15) is 6.04 Å². The van der Waals surface area contributed by atoms with Gasteiger partial charge >= 0.3 is 6.03 Å². The number of amides is 3. The third-order valence-electron chi connectivity index (χ3n) is 3.76. The Balaban J connectivity index is 2.08. The molecule has 6 heteroatoms. The van der Waals surface area contributed by atoms with Gasteiger partial charge in [0.25, 0.3) is 0 Å². The van der Waals surface area contributed by atoms with Crippen LogP contribution in [0.3, 0.4) is 0 Å². The van der Waals surface area contributed by atoms with E-state index in [-0.39, 0.29) is 11.3 Å². The van der Waals surface area contributed by atoms with Crippen LogP contribution in [0.5, 0.6) is 0 Å². The molecule has 120 valence electrons. The lowest BCUT2D eigenvalue weighted by molar-refractivity contribution is -0.135. The molecule has 1 aliphatic heterocycles. The predicted molar refractivity (Wildman–Crippen MR) is 89.5 cm³/mol. The number of carbonyl (C=O) groups is 2. The third kappa shape index (κ3) is 3.88. The average Bonchev–Trinajstić information content (AvgIpc) is 2.97. The van der Waals surface area contributed by atoms with Crippen LogP contribution in [0.4, 0.5) is 4.79 Å². The van der Waals surface area contributed by atoms with Crippen LogP contribution in [0, 0.1) is 5.41 Å². The fourth-order valence-electron chi connectivity index (χ4n) is 2.53. The Morgan fingerprint density at radius 2 is 2.14 bits per heavy atom. The van der Waals surface area contributed by atoms with Gasteiger partial charge in [-0.05, 0) is 28.9 Å². The second-order valence-electron chi connectivity index (χ2n) is 6.55. The first-order chi connectivity index (χ1) is 10.3. The van der Waals surface area contributed by atoms with Crippen LogP contribution < -0.4 is 11.1 Å². The first-order valence-electron chi connectivity index (χ1n) is 7.36. The summed E-state index contributed by atoms with van der Waals surface area (Å²) < 4.78 is 0. The number of carbonyl (C=O) groups excluding carboxylic acids is 2. The summed E-state index contributed by atoms with van der Waals surface area (Å²) in [5.41, 5.74) is 6.11. The minimum absolute atomic E-state index is 0.0761. The summed E-state index contributed by atoms with van der Waals surface area (Å²) in [6, 6.07) is 2.85. The van der Waals surface area contributed by atoms with Crippen molar-refractivity contribution < 1.29 is 9.59 Å². The number of nitrogens with two attached hydrogens (primary N) is 1. The highest BCUT2D eigenvalue weighted by Crippen LogP contribution is 2.28. The number of urea groups is 1. The van der Waals surface area contributed by atoms with Gasteiger partial charge in [-0.2, -0.15) is 0 Å². The van der Waals surface area contributed by atoms with Crippen LogP contribution in [0.25, 0.3) is 5.57 Å². The van der Waals surface area contributed by atoms with E-state index in [0.717, 1.165) is 6.42 Å². The van der Waals surface area contributed by atoms with E-state index in [4.69, 9.17) is 5.73 Å². The molecule has 5 nitrogen and oxygen atoms in total. The van der Waals surface area contributed by atoms with E-state index in [1.807, 2.05) is 26.8 Å². The molecule has 1 atom stereocenters. The molecule has 0 bridgehead atoms. The van der Waals surface area contributed by atoms with Crippen LogP contribution in [0.1, 0.15) is 32.1 Å².